The van der Waals surface area contributed by atoms with Gasteiger partial charge in [-0.15, -0.1) is 23.2 Å². The van der Waals surface area contributed by atoms with Gasteiger partial charge in [0.1, 0.15) is 5.75 Å². The summed E-state index contributed by atoms with van der Waals surface area (Å²) in [6.45, 7) is 1.83. The number of nitrogens with zero attached hydrogens (tertiary/aromatic N) is 2. The van der Waals surface area contributed by atoms with Crippen molar-refractivity contribution in [3.8, 4) is 5.75 Å². The molecular formula is C32H25Cl3N2O5. The van der Waals surface area contributed by atoms with Gasteiger partial charge in [-0.3, -0.25) is 24.1 Å². The van der Waals surface area contributed by atoms with E-state index in [1.165, 1.54) is 7.05 Å². The zero-order valence-corrected chi connectivity index (χ0v) is 24.9. The number of imide groups is 2. The average Bonchev–Trinajstić information content (AvgIpc) is 3.30. The minimum Gasteiger partial charge on any atom is -0.507 e. The monoisotopic (exact) mass is 622 g/mol. The van der Waals surface area contributed by atoms with E-state index in [4.69, 9.17) is 34.8 Å². The standard InChI is InChI=1S/C32H25Cl3N2O5/c1-15-7-9-17(13-23(15)33)37-27(39)20-12-11-19-22(24(20)28(37)40)14-31(34)29(41)36(2)30(42)32(31,35)25(19)21-10-8-16-5-3-4-6-18(16)26(21)38/h3-11,13,20,22,24-25,38H,12,14H2,1-2H3/t20-,22+,24-,25+,31+,32-/m0/s1. The van der Waals surface area contributed by atoms with Crippen LogP contribution in [0.15, 0.2) is 66.2 Å². The molecule has 0 aromatic heterocycles. The van der Waals surface area contributed by atoms with Crippen LogP contribution in [0.4, 0.5) is 5.69 Å². The number of carbonyl (C=O) groups is 4. The van der Waals surface area contributed by atoms with Crippen molar-refractivity contribution in [1.29, 1.82) is 0 Å². The van der Waals surface area contributed by atoms with Gasteiger partial charge in [0.15, 0.2) is 9.75 Å². The molecule has 0 spiro atoms. The van der Waals surface area contributed by atoms with Gasteiger partial charge >= 0.3 is 0 Å². The Labute approximate surface area is 256 Å². The van der Waals surface area contributed by atoms with Gasteiger partial charge in [-0.05, 0) is 48.8 Å². The molecule has 1 saturated carbocycles. The third-order valence-electron chi connectivity index (χ3n) is 9.67. The van der Waals surface area contributed by atoms with E-state index in [0.717, 1.165) is 20.7 Å². The molecule has 1 N–H and O–H groups in total. The number of hydrogen-bond acceptors (Lipinski definition) is 5. The second kappa shape index (κ2) is 9.06. The molecule has 2 aliphatic heterocycles. The number of phenols is 1. The second-order valence-electron chi connectivity index (χ2n) is 11.7. The van der Waals surface area contributed by atoms with Gasteiger partial charge in [0.2, 0.25) is 11.8 Å². The van der Waals surface area contributed by atoms with Crippen molar-refractivity contribution in [2.75, 3.05) is 11.9 Å². The van der Waals surface area contributed by atoms with Crippen LogP contribution >= 0.6 is 34.8 Å². The first-order chi connectivity index (χ1) is 19.9. The zero-order valence-electron chi connectivity index (χ0n) is 22.6. The van der Waals surface area contributed by atoms with Gasteiger partial charge in [-0.2, -0.15) is 0 Å². The number of alkyl halides is 2. The summed E-state index contributed by atoms with van der Waals surface area (Å²) in [6.07, 6.45) is 1.95. The first-order valence-electron chi connectivity index (χ1n) is 13.7. The number of carbonyl (C=O) groups excluding carboxylic acids is 4. The maximum absolute atomic E-state index is 14.1. The van der Waals surface area contributed by atoms with Crippen molar-refractivity contribution in [2.24, 2.45) is 17.8 Å². The van der Waals surface area contributed by atoms with Crippen molar-refractivity contribution in [3.05, 3.63) is 82.4 Å². The van der Waals surface area contributed by atoms with E-state index < -0.39 is 51.1 Å². The molecule has 6 atom stereocenters. The Morgan fingerprint density at radius 1 is 0.929 bits per heavy atom. The molecule has 3 fully saturated rings. The molecule has 3 aromatic rings. The minimum atomic E-state index is -1.97. The molecule has 42 heavy (non-hydrogen) atoms. The summed E-state index contributed by atoms with van der Waals surface area (Å²) in [7, 11) is 1.34. The van der Waals surface area contributed by atoms with Gasteiger partial charge in [-0.25, -0.2) is 4.90 Å². The number of aryl methyl sites for hydroxylation is 1. The quantitative estimate of drug-likeness (QED) is 0.225. The van der Waals surface area contributed by atoms with Gasteiger partial charge < -0.3 is 5.11 Å². The number of phenolic OH excluding ortho intramolecular Hbond substituents is 1. The molecule has 214 valence electrons. The molecular weight excluding hydrogens is 599 g/mol. The van der Waals surface area contributed by atoms with E-state index in [0.29, 0.717) is 27.2 Å². The van der Waals surface area contributed by atoms with Crippen LogP contribution in [0, 0.1) is 24.7 Å². The first kappa shape index (κ1) is 27.4. The van der Waals surface area contributed by atoms with Gasteiger partial charge in [0.25, 0.3) is 11.8 Å². The maximum Gasteiger partial charge on any atom is 0.253 e. The van der Waals surface area contributed by atoms with Crippen molar-refractivity contribution in [1.82, 2.24) is 4.90 Å². The lowest BCUT2D eigenvalue weighted by molar-refractivity contribution is -0.138. The van der Waals surface area contributed by atoms with Crippen molar-refractivity contribution >= 4 is 74.9 Å². The van der Waals surface area contributed by atoms with Gasteiger partial charge in [-0.1, -0.05) is 65.7 Å². The maximum atomic E-state index is 14.1. The number of amides is 4. The Kier molecular flexibility index (Phi) is 5.92. The number of anilines is 1. The molecule has 3 aromatic carbocycles. The number of allylic oxidation sites excluding steroid dienone is 2. The highest BCUT2D eigenvalue weighted by Crippen LogP contribution is 2.66. The molecule has 4 aliphatic rings. The Hall–Kier alpha value is -3.39. The van der Waals surface area contributed by atoms with Crippen LogP contribution in [-0.2, 0) is 19.2 Å². The van der Waals surface area contributed by atoms with Crippen LogP contribution in [0.5, 0.6) is 5.75 Å². The predicted octanol–water partition coefficient (Wildman–Crippen LogP) is 5.70. The zero-order chi connectivity index (χ0) is 29.9. The summed E-state index contributed by atoms with van der Waals surface area (Å²) in [6, 6.07) is 15.8. The Bertz CT molecular complexity index is 1810. The molecule has 2 heterocycles. The normalized spacial score (nSPS) is 32.3. The minimum absolute atomic E-state index is 0.0830. The van der Waals surface area contributed by atoms with Crippen LogP contribution in [0.1, 0.15) is 29.9 Å². The lowest BCUT2D eigenvalue weighted by Gasteiger charge is -2.50. The fourth-order valence-corrected chi connectivity index (χ4v) is 8.76. The summed E-state index contributed by atoms with van der Waals surface area (Å²) in [5.41, 5.74) is 2.13. The number of aromatic hydroxyl groups is 1. The van der Waals surface area contributed by atoms with E-state index in [1.807, 2.05) is 31.2 Å². The van der Waals surface area contributed by atoms with E-state index in [2.05, 4.69) is 0 Å². The molecule has 0 bridgehead atoms. The van der Waals surface area contributed by atoms with Crippen LogP contribution in [0.25, 0.3) is 10.8 Å². The molecule has 4 amide bonds. The predicted molar refractivity (Wildman–Crippen MR) is 160 cm³/mol. The summed E-state index contributed by atoms with van der Waals surface area (Å²) in [5.74, 6) is -5.46. The molecule has 7 rings (SSSR count). The van der Waals surface area contributed by atoms with Crippen molar-refractivity contribution in [3.63, 3.8) is 0 Å². The van der Waals surface area contributed by atoms with Crippen molar-refractivity contribution in [2.45, 2.75) is 35.4 Å². The highest BCUT2D eigenvalue weighted by Gasteiger charge is 2.76. The molecule has 7 nitrogen and oxygen atoms in total. The molecule has 2 saturated heterocycles. The van der Waals surface area contributed by atoms with Gasteiger partial charge in [0.05, 0.1) is 17.5 Å². The fourth-order valence-electron chi connectivity index (χ4n) is 7.57. The van der Waals surface area contributed by atoms with Crippen LogP contribution in [-0.4, -0.2) is 50.4 Å². The molecule has 0 radical (unpaired) electrons. The SMILES string of the molecule is Cc1ccc(N2C(=O)[C@H]3[C@H](CC=C4[C@H]3C[C@@]3(Cl)C(=O)N(C)C(=O)[C@@]3(Cl)[C@H]4c3ccc4ccccc4c3O)C2=O)cc1Cl. The highest BCUT2D eigenvalue weighted by atomic mass is 35.5. The molecule has 0 unspecified atom stereocenters. The lowest BCUT2D eigenvalue weighted by Crippen LogP contribution is -2.60. The smallest absolute Gasteiger partial charge is 0.253 e. The second-order valence-corrected chi connectivity index (χ2v) is 13.3. The van der Waals surface area contributed by atoms with E-state index >= 15 is 0 Å². The van der Waals surface area contributed by atoms with Crippen LogP contribution in [0.2, 0.25) is 5.02 Å². The number of fused-ring (bicyclic) bond motifs is 5. The van der Waals surface area contributed by atoms with Gasteiger partial charge in [0, 0.05) is 28.9 Å². The number of benzene rings is 3. The highest BCUT2D eigenvalue weighted by molar-refractivity contribution is 6.53. The number of rotatable bonds is 2. The van der Waals surface area contributed by atoms with E-state index in [-0.39, 0.29) is 24.5 Å². The van der Waals surface area contributed by atoms with Crippen LogP contribution in [0.3, 0.4) is 0 Å². The fraction of sp³-hybridized carbons (Fsp3) is 0.312. The Morgan fingerprint density at radius 3 is 2.40 bits per heavy atom. The van der Waals surface area contributed by atoms with Crippen molar-refractivity contribution < 1.29 is 24.3 Å². The Balaban J connectivity index is 1.42. The summed E-state index contributed by atoms with van der Waals surface area (Å²) in [4.78, 5) is 53.5. The average molecular weight is 624 g/mol. The molecule has 10 heteroatoms. The summed E-state index contributed by atoms with van der Waals surface area (Å²) in [5, 5.41) is 13.3. The third-order valence-corrected chi connectivity index (χ3v) is 11.5. The summed E-state index contributed by atoms with van der Waals surface area (Å²) >= 11 is 20.8. The molecule has 2 aliphatic carbocycles. The third kappa shape index (κ3) is 3.30. The van der Waals surface area contributed by atoms with Crippen LogP contribution < -0.4 is 4.90 Å². The van der Waals surface area contributed by atoms with E-state index in [1.54, 1.807) is 36.4 Å². The number of likely N-dealkylation sites (tertiary alicyclic amines) is 1. The first-order valence-corrected chi connectivity index (χ1v) is 14.8. The number of hydrogen-bond donors (Lipinski definition) is 1. The Morgan fingerprint density at radius 2 is 1.67 bits per heavy atom. The van der Waals surface area contributed by atoms with E-state index in [9.17, 15) is 24.3 Å². The topological polar surface area (TPSA) is 95.0 Å². The largest absolute Gasteiger partial charge is 0.507 e. The number of halogens is 3. The lowest BCUT2D eigenvalue weighted by atomic mass is 9.56. The summed E-state index contributed by atoms with van der Waals surface area (Å²) < 4.78 is 0.